The van der Waals surface area contributed by atoms with Crippen LogP contribution in [0.1, 0.15) is 5.56 Å². The number of carbonyl (C=O) groups is 1. The second kappa shape index (κ2) is 4.38. The van der Waals surface area contributed by atoms with Crippen molar-refractivity contribution < 1.29 is 13.9 Å². The molecule has 1 aromatic rings. The molecule has 3 nitrogen and oxygen atoms in total. The number of rotatable bonds is 4. The fourth-order valence-electron chi connectivity index (χ4n) is 0.763. The molecule has 0 saturated carbocycles. The number of ether oxygens (including phenoxy) is 1. The number of carbonyl (C=O) groups excluding carboxylic acids is 1. The minimum Gasteiger partial charge on any atom is -0.472 e. The van der Waals surface area contributed by atoms with Gasteiger partial charge in [0, 0.05) is 5.56 Å². The SMILES string of the molecule is C=CCOC(=O)Cc1ccoc1. The molecule has 0 amide bonds. The van der Waals surface area contributed by atoms with E-state index < -0.39 is 0 Å². The molecule has 64 valence electrons. The Balaban J connectivity index is 2.32. The summed E-state index contributed by atoms with van der Waals surface area (Å²) in [6.07, 6.45) is 4.84. The van der Waals surface area contributed by atoms with Gasteiger partial charge in [-0.05, 0) is 6.07 Å². The Morgan fingerprint density at radius 2 is 2.58 bits per heavy atom. The summed E-state index contributed by atoms with van der Waals surface area (Å²) in [6, 6.07) is 1.73. The third kappa shape index (κ3) is 2.62. The van der Waals surface area contributed by atoms with Crippen molar-refractivity contribution in [2.45, 2.75) is 6.42 Å². The van der Waals surface area contributed by atoms with Crippen LogP contribution in [0.25, 0.3) is 0 Å². The van der Waals surface area contributed by atoms with E-state index in [1.807, 2.05) is 0 Å². The Morgan fingerprint density at radius 1 is 1.75 bits per heavy atom. The highest BCUT2D eigenvalue weighted by molar-refractivity contribution is 5.72. The van der Waals surface area contributed by atoms with Crippen LogP contribution in [0.2, 0.25) is 0 Å². The molecule has 0 bridgehead atoms. The van der Waals surface area contributed by atoms with E-state index in [0.717, 1.165) is 5.56 Å². The molecule has 0 saturated heterocycles. The zero-order valence-corrected chi connectivity index (χ0v) is 6.66. The lowest BCUT2D eigenvalue weighted by Gasteiger charge is -1.98. The normalized spacial score (nSPS) is 9.33. The van der Waals surface area contributed by atoms with Crippen molar-refractivity contribution in [3.8, 4) is 0 Å². The molecular weight excluding hydrogens is 156 g/mol. The van der Waals surface area contributed by atoms with E-state index in [9.17, 15) is 4.79 Å². The van der Waals surface area contributed by atoms with Crippen molar-refractivity contribution in [3.05, 3.63) is 36.8 Å². The lowest BCUT2D eigenvalue weighted by atomic mass is 10.2. The third-order valence-corrected chi connectivity index (χ3v) is 1.29. The third-order valence-electron chi connectivity index (χ3n) is 1.29. The van der Waals surface area contributed by atoms with E-state index in [-0.39, 0.29) is 19.0 Å². The van der Waals surface area contributed by atoms with Gasteiger partial charge in [-0.2, -0.15) is 0 Å². The Hall–Kier alpha value is -1.51. The van der Waals surface area contributed by atoms with Crippen molar-refractivity contribution in [1.82, 2.24) is 0 Å². The first-order valence-electron chi connectivity index (χ1n) is 3.60. The van der Waals surface area contributed by atoms with Crippen LogP contribution >= 0.6 is 0 Å². The number of esters is 1. The van der Waals surface area contributed by atoms with Gasteiger partial charge >= 0.3 is 5.97 Å². The van der Waals surface area contributed by atoms with Crippen molar-refractivity contribution >= 4 is 5.97 Å². The topological polar surface area (TPSA) is 39.4 Å². The molecule has 1 rings (SSSR count). The van der Waals surface area contributed by atoms with Gasteiger partial charge in [-0.1, -0.05) is 12.7 Å². The van der Waals surface area contributed by atoms with Gasteiger partial charge in [-0.3, -0.25) is 4.79 Å². The standard InChI is InChI=1S/C9H10O3/c1-2-4-12-9(10)6-8-3-5-11-7-8/h2-3,5,7H,1,4,6H2. The molecule has 0 aliphatic heterocycles. The summed E-state index contributed by atoms with van der Waals surface area (Å²) < 4.78 is 9.56. The average Bonchev–Trinajstić information content (AvgIpc) is 2.53. The lowest BCUT2D eigenvalue weighted by Crippen LogP contribution is -2.06. The smallest absolute Gasteiger partial charge is 0.310 e. The predicted octanol–water partition coefficient (Wildman–Crippen LogP) is 1.55. The van der Waals surface area contributed by atoms with Crippen LogP contribution in [0.15, 0.2) is 35.7 Å². The summed E-state index contributed by atoms with van der Waals surface area (Å²) in [5.41, 5.74) is 0.823. The quantitative estimate of drug-likeness (QED) is 0.503. The molecule has 1 aromatic heterocycles. The molecule has 1 heterocycles. The highest BCUT2D eigenvalue weighted by atomic mass is 16.5. The molecular formula is C9H10O3. The first kappa shape index (κ1) is 8.59. The van der Waals surface area contributed by atoms with Gasteiger partial charge in [-0.15, -0.1) is 0 Å². The van der Waals surface area contributed by atoms with Gasteiger partial charge in [0.1, 0.15) is 6.61 Å². The van der Waals surface area contributed by atoms with Crippen LogP contribution in [-0.4, -0.2) is 12.6 Å². The maximum Gasteiger partial charge on any atom is 0.310 e. The van der Waals surface area contributed by atoms with Crippen LogP contribution in [0, 0.1) is 0 Å². The van der Waals surface area contributed by atoms with E-state index in [4.69, 9.17) is 9.15 Å². The Morgan fingerprint density at radius 3 is 3.17 bits per heavy atom. The summed E-state index contributed by atoms with van der Waals surface area (Å²) in [6.45, 7) is 3.69. The van der Waals surface area contributed by atoms with Crippen LogP contribution < -0.4 is 0 Å². The molecule has 0 atom stereocenters. The first-order valence-corrected chi connectivity index (χ1v) is 3.60. The summed E-state index contributed by atoms with van der Waals surface area (Å²) in [5, 5.41) is 0. The van der Waals surface area contributed by atoms with Crippen molar-refractivity contribution in [2.24, 2.45) is 0 Å². The van der Waals surface area contributed by atoms with Crippen LogP contribution in [0.5, 0.6) is 0 Å². The van der Waals surface area contributed by atoms with Gasteiger partial charge in [0.15, 0.2) is 0 Å². The van der Waals surface area contributed by atoms with Crippen molar-refractivity contribution in [3.63, 3.8) is 0 Å². The molecule has 0 aliphatic carbocycles. The Labute approximate surface area is 70.6 Å². The highest BCUT2D eigenvalue weighted by Crippen LogP contribution is 2.01. The molecule has 0 N–H and O–H groups in total. The molecule has 0 radical (unpaired) electrons. The van der Waals surface area contributed by atoms with Gasteiger partial charge < -0.3 is 9.15 Å². The van der Waals surface area contributed by atoms with Gasteiger partial charge in [0.05, 0.1) is 18.9 Å². The van der Waals surface area contributed by atoms with Crippen molar-refractivity contribution in [2.75, 3.05) is 6.61 Å². The minimum absolute atomic E-state index is 0.254. The highest BCUT2D eigenvalue weighted by Gasteiger charge is 2.03. The average molecular weight is 166 g/mol. The van der Waals surface area contributed by atoms with Gasteiger partial charge in [0.25, 0.3) is 0 Å². The fourth-order valence-corrected chi connectivity index (χ4v) is 0.763. The van der Waals surface area contributed by atoms with Gasteiger partial charge in [0.2, 0.25) is 0 Å². The number of hydrogen-bond acceptors (Lipinski definition) is 3. The zero-order chi connectivity index (χ0) is 8.81. The van der Waals surface area contributed by atoms with Gasteiger partial charge in [-0.25, -0.2) is 0 Å². The van der Waals surface area contributed by atoms with Crippen LogP contribution in [0.4, 0.5) is 0 Å². The first-order chi connectivity index (χ1) is 5.83. The monoisotopic (exact) mass is 166 g/mol. The fraction of sp³-hybridized carbons (Fsp3) is 0.222. The molecule has 0 spiro atoms. The molecule has 12 heavy (non-hydrogen) atoms. The van der Waals surface area contributed by atoms with E-state index >= 15 is 0 Å². The second-order valence-electron chi connectivity index (χ2n) is 2.28. The van der Waals surface area contributed by atoms with Crippen LogP contribution in [0.3, 0.4) is 0 Å². The maximum absolute atomic E-state index is 11.0. The predicted molar refractivity (Wildman–Crippen MR) is 43.6 cm³/mol. The maximum atomic E-state index is 11.0. The molecule has 0 unspecified atom stereocenters. The summed E-state index contributed by atoms with van der Waals surface area (Å²) >= 11 is 0. The minimum atomic E-state index is -0.267. The Bertz CT molecular complexity index is 249. The summed E-state index contributed by atoms with van der Waals surface area (Å²) in [4.78, 5) is 11.0. The molecule has 3 heteroatoms. The van der Waals surface area contributed by atoms with Crippen molar-refractivity contribution in [1.29, 1.82) is 0 Å². The van der Waals surface area contributed by atoms with Crippen LogP contribution in [-0.2, 0) is 16.0 Å². The Kier molecular flexibility index (Phi) is 3.14. The summed E-state index contributed by atoms with van der Waals surface area (Å²) in [7, 11) is 0. The molecule has 0 aromatic carbocycles. The number of hydrogen-bond donors (Lipinski definition) is 0. The summed E-state index contributed by atoms with van der Waals surface area (Å²) in [5.74, 6) is -0.267. The second-order valence-corrected chi connectivity index (χ2v) is 2.28. The van der Waals surface area contributed by atoms with E-state index in [1.165, 1.54) is 18.6 Å². The zero-order valence-electron chi connectivity index (χ0n) is 6.66. The number of furan rings is 1. The van der Waals surface area contributed by atoms with E-state index in [0.29, 0.717) is 0 Å². The largest absolute Gasteiger partial charge is 0.472 e. The molecule has 0 aliphatic rings. The lowest BCUT2D eigenvalue weighted by molar-refractivity contribution is -0.141. The van der Waals surface area contributed by atoms with E-state index in [1.54, 1.807) is 6.07 Å². The van der Waals surface area contributed by atoms with E-state index in [2.05, 4.69) is 6.58 Å². The molecule has 0 fully saturated rings.